The number of carbonyl (C=O) groups is 2. The number of fused-ring (bicyclic) bond motifs is 5. The molecule has 25 heavy (non-hydrogen) atoms. The Bertz CT molecular complexity index is 663. The van der Waals surface area contributed by atoms with Crippen LogP contribution in [-0.2, 0) is 9.59 Å². The van der Waals surface area contributed by atoms with E-state index in [4.69, 9.17) is 5.11 Å². The summed E-state index contributed by atoms with van der Waals surface area (Å²) < 4.78 is 0. The zero-order valence-electron chi connectivity index (χ0n) is 14.9. The molecule has 3 fully saturated rings. The fraction of sp³-hybridized carbons (Fsp3) is 0.714. The SMILES string of the molecule is C[C@]12CC[C@H]3[C@@H](CCC4=CC(=O)CC[C@@H]43)[C@@H]1CC[C@@]2(O)/C=C/C(=O)O. The highest BCUT2D eigenvalue weighted by atomic mass is 16.4. The monoisotopic (exact) mass is 344 g/mol. The summed E-state index contributed by atoms with van der Waals surface area (Å²) in [6.45, 7) is 2.17. The van der Waals surface area contributed by atoms with Crippen molar-refractivity contribution in [3.05, 3.63) is 23.8 Å². The van der Waals surface area contributed by atoms with E-state index in [0.717, 1.165) is 44.6 Å². The summed E-state index contributed by atoms with van der Waals surface area (Å²) in [5.41, 5.74) is 0.144. The summed E-state index contributed by atoms with van der Waals surface area (Å²) in [5.74, 6) is 1.55. The standard InChI is InChI=1S/C21H28O4/c1-20-9-6-16-15-5-3-14(22)12-13(15)2-4-17(16)18(20)7-10-21(20,25)11-8-19(23)24/h8,11-12,15-18,25H,2-7,9-10H2,1H3,(H,23,24)/b11-8+/t15-,16+,17+,18-,20-,21+/m0/s1. The van der Waals surface area contributed by atoms with Gasteiger partial charge in [-0.25, -0.2) is 4.79 Å². The van der Waals surface area contributed by atoms with Gasteiger partial charge in [0.2, 0.25) is 0 Å². The predicted octanol–water partition coefficient (Wildman–Crippen LogP) is 3.50. The summed E-state index contributed by atoms with van der Waals surface area (Å²) >= 11 is 0. The zero-order valence-corrected chi connectivity index (χ0v) is 14.9. The quantitative estimate of drug-likeness (QED) is 0.752. The van der Waals surface area contributed by atoms with Crippen molar-refractivity contribution >= 4 is 11.8 Å². The molecule has 0 aromatic heterocycles. The Balaban J connectivity index is 1.61. The van der Waals surface area contributed by atoms with Gasteiger partial charge in [-0.15, -0.1) is 0 Å². The molecule has 3 saturated carbocycles. The molecular weight excluding hydrogens is 316 g/mol. The molecule has 4 aliphatic carbocycles. The highest BCUT2D eigenvalue weighted by Crippen LogP contribution is 2.65. The number of allylic oxidation sites excluding steroid dienone is 1. The Kier molecular flexibility index (Phi) is 3.95. The summed E-state index contributed by atoms with van der Waals surface area (Å²) in [7, 11) is 0. The van der Waals surface area contributed by atoms with Crippen LogP contribution in [0.5, 0.6) is 0 Å². The summed E-state index contributed by atoms with van der Waals surface area (Å²) in [5, 5.41) is 20.2. The van der Waals surface area contributed by atoms with Crippen LogP contribution in [-0.4, -0.2) is 27.6 Å². The van der Waals surface area contributed by atoms with Gasteiger partial charge in [-0.1, -0.05) is 12.5 Å². The van der Waals surface area contributed by atoms with Crippen molar-refractivity contribution in [1.29, 1.82) is 0 Å². The molecule has 0 aliphatic heterocycles. The zero-order chi connectivity index (χ0) is 17.8. The first-order chi connectivity index (χ1) is 11.8. The molecule has 0 amide bonds. The van der Waals surface area contributed by atoms with Gasteiger partial charge in [0.1, 0.15) is 0 Å². The molecule has 6 atom stereocenters. The minimum atomic E-state index is -1.00. The van der Waals surface area contributed by atoms with Crippen molar-refractivity contribution in [1.82, 2.24) is 0 Å². The lowest BCUT2D eigenvalue weighted by Crippen LogP contribution is -2.52. The van der Waals surface area contributed by atoms with Crippen LogP contribution in [0.4, 0.5) is 0 Å². The number of carboxylic acid groups (broad SMARTS) is 1. The van der Waals surface area contributed by atoms with Crippen molar-refractivity contribution < 1.29 is 19.8 Å². The highest BCUT2D eigenvalue weighted by Gasteiger charge is 2.61. The van der Waals surface area contributed by atoms with Gasteiger partial charge < -0.3 is 10.2 Å². The van der Waals surface area contributed by atoms with Gasteiger partial charge in [0.05, 0.1) is 5.60 Å². The third-order valence-electron chi connectivity index (χ3n) is 8.02. The fourth-order valence-electron chi connectivity index (χ4n) is 6.71. The van der Waals surface area contributed by atoms with E-state index in [1.54, 1.807) is 6.08 Å². The maximum absolute atomic E-state index is 11.8. The normalized spacial score (nSPS) is 46.3. The fourth-order valence-corrected chi connectivity index (χ4v) is 6.71. The van der Waals surface area contributed by atoms with E-state index in [0.29, 0.717) is 42.3 Å². The van der Waals surface area contributed by atoms with Crippen molar-refractivity contribution in [3.8, 4) is 0 Å². The number of aliphatic hydroxyl groups is 1. The Hall–Kier alpha value is -1.42. The van der Waals surface area contributed by atoms with E-state index in [9.17, 15) is 14.7 Å². The maximum Gasteiger partial charge on any atom is 0.328 e. The molecule has 0 saturated heterocycles. The van der Waals surface area contributed by atoms with Crippen LogP contribution >= 0.6 is 0 Å². The Morgan fingerprint density at radius 1 is 1.16 bits per heavy atom. The minimum absolute atomic E-state index is 0.230. The van der Waals surface area contributed by atoms with Gasteiger partial charge in [0.25, 0.3) is 0 Å². The Morgan fingerprint density at radius 3 is 2.72 bits per heavy atom. The van der Waals surface area contributed by atoms with Gasteiger partial charge >= 0.3 is 5.97 Å². The third kappa shape index (κ3) is 2.52. The first-order valence-corrected chi connectivity index (χ1v) is 9.72. The number of carboxylic acids is 1. The van der Waals surface area contributed by atoms with Crippen LogP contribution in [0.25, 0.3) is 0 Å². The van der Waals surface area contributed by atoms with E-state index >= 15 is 0 Å². The Labute approximate surface area is 149 Å². The second-order valence-electron chi connectivity index (χ2n) is 8.89. The van der Waals surface area contributed by atoms with Gasteiger partial charge in [-0.2, -0.15) is 0 Å². The predicted molar refractivity (Wildman–Crippen MR) is 93.8 cm³/mol. The van der Waals surface area contributed by atoms with Gasteiger partial charge in [0, 0.05) is 17.9 Å². The van der Waals surface area contributed by atoms with Crippen molar-refractivity contribution in [3.63, 3.8) is 0 Å². The number of ketones is 1. The molecule has 4 nitrogen and oxygen atoms in total. The lowest BCUT2D eigenvalue weighted by molar-refractivity contribution is -0.132. The molecule has 0 radical (unpaired) electrons. The van der Waals surface area contributed by atoms with Crippen LogP contribution < -0.4 is 0 Å². The topological polar surface area (TPSA) is 74.6 Å². The molecule has 0 bridgehead atoms. The van der Waals surface area contributed by atoms with E-state index in [1.165, 1.54) is 5.57 Å². The lowest BCUT2D eigenvalue weighted by atomic mass is 9.50. The molecule has 0 aromatic carbocycles. The molecule has 0 spiro atoms. The molecule has 0 heterocycles. The van der Waals surface area contributed by atoms with Crippen molar-refractivity contribution in [2.24, 2.45) is 29.1 Å². The minimum Gasteiger partial charge on any atom is -0.478 e. The number of hydrogen-bond acceptors (Lipinski definition) is 3. The largest absolute Gasteiger partial charge is 0.478 e. The van der Waals surface area contributed by atoms with Crippen molar-refractivity contribution in [2.45, 2.75) is 63.9 Å². The van der Waals surface area contributed by atoms with Crippen LogP contribution in [0, 0.1) is 29.1 Å². The molecule has 136 valence electrons. The highest BCUT2D eigenvalue weighted by molar-refractivity contribution is 5.91. The van der Waals surface area contributed by atoms with E-state index < -0.39 is 11.6 Å². The van der Waals surface area contributed by atoms with Gasteiger partial charge in [-0.3, -0.25) is 4.79 Å². The second-order valence-corrected chi connectivity index (χ2v) is 8.89. The third-order valence-corrected chi connectivity index (χ3v) is 8.02. The summed E-state index contributed by atoms with van der Waals surface area (Å²) in [4.78, 5) is 22.7. The van der Waals surface area contributed by atoms with Gasteiger partial charge in [-0.05, 0) is 80.8 Å². The molecule has 4 aliphatic rings. The maximum atomic E-state index is 11.8. The molecule has 0 unspecified atom stereocenters. The Morgan fingerprint density at radius 2 is 1.96 bits per heavy atom. The molecule has 2 N–H and O–H groups in total. The second kappa shape index (κ2) is 5.80. The molecule has 4 rings (SSSR count). The van der Waals surface area contributed by atoms with Crippen LogP contribution in [0.2, 0.25) is 0 Å². The van der Waals surface area contributed by atoms with Crippen LogP contribution in [0.1, 0.15) is 58.3 Å². The average molecular weight is 344 g/mol. The number of hydrogen-bond donors (Lipinski definition) is 2. The number of aliphatic carboxylic acids is 1. The summed E-state index contributed by atoms with van der Waals surface area (Å²) in [6, 6.07) is 0. The smallest absolute Gasteiger partial charge is 0.328 e. The first kappa shape index (κ1) is 17.0. The van der Waals surface area contributed by atoms with Crippen molar-refractivity contribution in [2.75, 3.05) is 0 Å². The van der Waals surface area contributed by atoms with Crippen LogP contribution in [0.15, 0.2) is 23.8 Å². The summed E-state index contributed by atoms with van der Waals surface area (Å²) in [6.07, 6.45) is 12.1. The average Bonchev–Trinajstić information content (AvgIpc) is 2.84. The molecule has 0 aromatic rings. The van der Waals surface area contributed by atoms with E-state index in [2.05, 4.69) is 6.92 Å². The number of rotatable bonds is 2. The molecule has 4 heteroatoms. The first-order valence-electron chi connectivity index (χ1n) is 9.72. The number of carbonyl (C=O) groups excluding carboxylic acids is 1. The van der Waals surface area contributed by atoms with E-state index in [1.807, 2.05) is 6.08 Å². The van der Waals surface area contributed by atoms with E-state index in [-0.39, 0.29) is 5.41 Å². The lowest BCUT2D eigenvalue weighted by Gasteiger charge is -2.55. The van der Waals surface area contributed by atoms with Crippen LogP contribution in [0.3, 0.4) is 0 Å². The van der Waals surface area contributed by atoms with Gasteiger partial charge in [0.15, 0.2) is 5.78 Å². The molecular formula is C21H28O4.